The zero-order valence-corrected chi connectivity index (χ0v) is 11.1. The zero-order valence-electron chi connectivity index (χ0n) is 11.1. The van der Waals surface area contributed by atoms with Gasteiger partial charge in [0.1, 0.15) is 5.75 Å². The summed E-state index contributed by atoms with van der Waals surface area (Å²) in [5.41, 5.74) is 1.88. The predicted molar refractivity (Wildman–Crippen MR) is 72.6 cm³/mol. The minimum Gasteiger partial charge on any atom is -0.423 e. The van der Waals surface area contributed by atoms with E-state index in [4.69, 9.17) is 4.74 Å². The van der Waals surface area contributed by atoms with E-state index in [1.807, 2.05) is 19.1 Å². The van der Waals surface area contributed by atoms with Gasteiger partial charge in [-0.05, 0) is 25.5 Å². The maximum atomic E-state index is 12.0. The van der Waals surface area contributed by atoms with E-state index in [1.54, 1.807) is 32.2 Å². The number of hydrogen-bond acceptors (Lipinski definition) is 3. The molecule has 1 aromatic heterocycles. The number of aryl methyl sites for hydroxylation is 2. The molecule has 0 saturated carbocycles. The van der Waals surface area contributed by atoms with Crippen molar-refractivity contribution in [3.63, 3.8) is 0 Å². The van der Waals surface area contributed by atoms with Crippen molar-refractivity contribution in [1.82, 2.24) is 4.57 Å². The first-order valence-electron chi connectivity index (χ1n) is 5.94. The second kappa shape index (κ2) is 5.10. The molecule has 98 valence electrons. The Morgan fingerprint density at radius 3 is 2.47 bits per heavy atom. The van der Waals surface area contributed by atoms with Gasteiger partial charge in [-0.3, -0.25) is 4.79 Å². The van der Waals surface area contributed by atoms with E-state index < -0.39 is 5.97 Å². The third-order valence-electron chi connectivity index (χ3n) is 3.05. The number of aromatic nitrogens is 1. The highest BCUT2D eigenvalue weighted by molar-refractivity contribution is 5.92. The Kier molecular flexibility index (Phi) is 3.51. The second-order valence-electron chi connectivity index (χ2n) is 4.43. The molecule has 0 aliphatic heterocycles. The number of pyridine rings is 1. The van der Waals surface area contributed by atoms with E-state index in [9.17, 15) is 9.59 Å². The lowest BCUT2D eigenvalue weighted by Crippen LogP contribution is -2.19. The normalized spacial score (nSPS) is 10.3. The number of benzene rings is 1. The van der Waals surface area contributed by atoms with Gasteiger partial charge < -0.3 is 9.30 Å². The summed E-state index contributed by atoms with van der Waals surface area (Å²) in [5, 5.41) is 0. The fourth-order valence-electron chi connectivity index (χ4n) is 1.76. The quantitative estimate of drug-likeness (QED) is 0.775. The summed E-state index contributed by atoms with van der Waals surface area (Å²) < 4.78 is 6.74. The van der Waals surface area contributed by atoms with Crippen molar-refractivity contribution < 1.29 is 9.53 Å². The van der Waals surface area contributed by atoms with E-state index in [-0.39, 0.29) is 11.3 Å². The Morgan fingerprint density at radius 2 is 1.84 bits per heavy atom. The van der Waals surface area contributed by atoms with Gasteiger partial charge >= 0.3 is 5.97 Å². The van der Waals surface area contributed by atoms with Crippen LogP contribution in [0, 0.1) is 13.8 Å². The SMILES string of the molecule is Cc1ccccc1C(=O)Oc1cc(C)n(C)c(=O)c1. The van der Waals surface area contributed by atoms with Crippen LogP contribution in [0.1, 0.15) is 21.6 Å². The molecule has 19 heavy (non-hydrogen) atoms. The Morgan fingerprint density at radius 1 is 1.16 bits per heavy atom. The highest BCUT2D eigenvalue weighted by atomic mass is 16.5. The largest absolute Gasteiger partial charge is 0.423 e. The molecule has 0 radical (unpaired) electrons. The fraction of sp³-hybridized carbons (Fsp3) is 0.200. The number of carbonyl (C=O) groups excluding carboxylic acids is 1. The second-order valence-corrected chi connectivity index (χ2v) is 4.43. The number of hydrogen-bond donors (Lipinski definition) is 0. The first-order valence-corrected chi connectivity index (χ1v) is 5.94. The van der Waals surface area contributed by atoms with Gasteiger partial charge in [-0.15, -0.1) is 0 Å². The van der Waals surface area contributed by atoms with Crippen molar-refractivity contribution in [2.24, 2.45) is 7.05 Å². The van der Waals surface area contributed by atoms with E-state index in [0.29, 0.717) is 5.56 Å². The molecule has 0 unspecified atom stereocenters. The lowest BCUT2D eigenvalue weighted by Gasteiger charge is -2.08. The molecule has 1 aromatic carbocycles. The van der Waals surface area contributed by atoms with Crippen LogP contribution in [-0.4, -0.2) is 10.5 Å². The van der Waals surface area contributed by atoms with Crippen LogP contribution in [-0.2, 0) is 7.05 Å². The molecule has 0 N–H and O–H groups in total. The molecule has 0 amide bonds. The summed E-state index contributed by atoms with van der Waals surface area (Å²) in [4.78, 5) is 23.6. The lowest BCUT2D eigenvalue weighted by molar-refractivity contribution is 0.0733. The number of carbonyl (C=O) groups is 1. The predicted octanol–water partition coefficient (Wildman–Crippen LogP) is 2.22. The number of nitrogens with zero attached hydrogens (tertiary/aromatic N) is 1. The third-order valence-corrected chi connectivity index (χ3v) is 3.05. The summed E-state index contributed by atoms with van der Waals surface area (Å²) in [6.45, 7) is 3.62. The molecule has 0 aliphatic carbocycles. The summed E-state index contributed by atoms with van der Waals surface area (Å²) >= 11 is 0. The first-order chi connectivity index (χ1) is 8.99. The molecule has 0 aliphatic rings. The van der Waals surface area contributed by atoms with Crippen molar-refractivity contribution in [2.75, 3.05) is 0 Å². The standard InChI is InChI=1S/C15H15NO3/c1-10-6-4-5-7-13(10)15(18)19-12-8-11(2)16(3)14(17)9-12/h4-9H,1-3H3. The summed E-state index contributed by atoms with van der Waals surface area (Å²) in [6, 6.07) is 10.1. The molecule has 4 nitrogen and oxygen atoms in total. The summed E-state index contributed by atoms with van der Waals surface area (Å²) in [6.07, 6.45) is 0. The van der Waals surface area contributed by atoms with Gasteiger partial charge in [0.15, 0.2) is 0 Å². The van der Waals surface area contributed by atoms with Crippen LogP contribution in [0.4, 0.5) is 0 Å². The van der Waals surface area contributed by atoms with Crippen LogP contribution in [0.15, 0.2) is 41.2 Å². The van der Waals surface area contributed by atoms with Gasteiger partial charge in [0.2, 0.25) is 0 Å². The molecule has 4 heteroatoms. The van der Waals surface area contributed by atoms with Gasteiger partial charge in [-0.1, -0.05) is 18.2 Å². The lowest BCUT2D eigenvalue weighted by atomic mass is 10.1. The van der Waals surface area contributed by atoms with Crippen molar-refractivity contribution in [3.05, 3.63) is 63.6 Å². The number of esters is 1. The molecule has 0 spiro atoms. The maximum absolute atomic E-state index is 12.0. The van der Waals surface area contributed by atoms with E-state index in [1.165, 1.54) is 10.6 Å². The summed E-state index contributed by atoms with van der Waals surface area (Å²) in [5.74, 6) is -0.181. The molecule has 2 aromatic rings. The van der Waals surface area contributed by atoms with Crippen molar-refractivity contribution >= 4 is 5.97 Å². The highest BCUT2D eigenvalue weighted by Crippen LogP contribution is 2.14. The summed E-state index contributed by atoms with van der Waals surface area (Å²) in [7, 11) is 1.67. The average Bonchev–Trinajstić information content (AvgIpc) is 2.36. The Balaban J connectivity index is 2.30. The number of rotatable bonds is 2. The van der Waals surface area contributed by atoms with E-state index >= 15 is 0 Å². The van der Waals surface area contributed by atoms with Gasteiger partial charge in [0.25, 0.3) is 5.56 Å². The topological polar surface area (TPSA) is 48.3 Å². The molecular weight excluding hydrogens is 242 g/mol. The smallest absolute Gasteiger partial charge is 0.343 e. The van der Waals surface area contributed by atoms with Crippen molar-refractivity contribution in [3.8, 4) is 5.75 Å². The van der Waals surface area contributed by atoms with Gasteiger partial charge in [-0.2, -0.15) is 0 Å². The van der Waals surface area contributed by atoms with Gasteiger partial charge in [0.05, 0.1) is 5.56 Å². The molecule has 0 fully saturated rings. The van der Waals surface area contributed by atoms with E-state index in [0.717, 1.165) is 11.3 Å². The Hall–Kier alpha value is -2.36. The minimum atomic E-state index is -0.453. The fourth-order valence-corrected chi connectivity index (χ4v) is 1.76. The van der Waals surface area contributed by atoms with Crippen molar-refractivity contribution in [2.45, 2.75) is 13.8 Å². The number of ether oxygens (including phenoxy) is 1. The zero-order chi connectivity index (χ0) is 14.0. The molecule has 0 saturated heterocycles. The van der Waals surface area contributed by atoms with Crippen LogP contribution in [0.5, 0.6) is 5.75 Å². The van der Waals surface area contributed by atoms with Gasteiger partial charge in [-0.25, -0.2) is 4.79 Å². The van der Waals surface area contributed by atoms with E-state index in [2.05, 4.69) is 0 Å². The Bertz CT molecular complexity index is 686. The van der Waals surface area contributed by atoms with Crippen LogP contribution in [0.2, 0.25) is 0 Å². The minimum absolute atomic E-state index is 0.201. The monoisotopic (exact) mass is 257 g/mol. The molecule has 2 rings (SSSR count). The Labute approximate surface area is 111 Å². The molecule has 1 heterocycles. The van der Waals surface area contributed by atoms with Crippen molar-refractivity contribution in [1.29, 1.82) is 0 Å². The molecular formula is C15H15NO3. The molecule has 0 bridgehead atoms. The van der Waals surface area contributed by atoms with Crippen LogP contribution < -0.4 is 10.3 Å². The van der Waals surface area contributed by atoms with Crippen LogP contribution >= 0.6 is 0 Å². The molecule has 0 atom stereocenters. The third kappa shape index (κ3) is 2.73. The average molecular weight is 257 g/mol. The van der Waals surface area contributed by atoms with Crippen LogP contribution in [0.3, 0.4) is 0 Å². The first kappa shape index (κ1) is 13.1. The van der Waals surface area contributed by atoms with Gasteiger partial charge in [0, 0.05) is 24.9 Å². The van der Waals surface area contributed by atoms with Crippen LogP contribution in [0.25, 0.3) is 0 Å². The highest BCUT2D eigenvalue weighted by Gasteiger charge is 2.12. The maximum Gasteiger partial charge on any atom is 0.343 e.